The fourth-order valence-electron chi connectivity index (χ4n) is 2.02. The number of piperazine rings is 1. The molecule has 1 aromatic rings. The molecular weight excluding hydrogens is 314 g/mol. The zero-order valence-electron chi connectivity index (χ0n) is 11.6. The fraction of sp³-hybridized carbons (Fsp3) is 0.500. The number of carbonyl (C=O) groups excluding carboxylic acids is 1. The van der Waals surface area contributed by atoms with Crippen molar-refractivity contribution in [3.8, 4) is 0 Å². The Labute approximate surface area is 128 Å². The Morgan fingerprint density at radius 1 is 1.33 bits per heavy atom. The van der Waals surface area contributed by atoms with Crippen molar-refractivity contribution in [2.45, 2.75) is 5.03 Å². The van der Waals surface area contributed by atoms with Gasteiger partial charge in [0.1, 0.15) is 0 Å². The normalized spacial score (nSPS) is 16.9. The van der Waals surface area contributed by atoms with Crippen molar-refractivity contribution in [1.29, 1.82) is 0 Å². The van der Waals surface area contributed by atoms with Crippen molar-refractivity contribution < 1.29 is 17.9 Å². The van der Waals surface area contributed by atoms with Crippen LogP contribution in [0.5, 0.6) is 0 Å². The van der Waals surface area contributed by atoms with Crippen molar-refractivity contribution in [3.63, 3.8) is 0 Å². The van der Waals surface area contributed by atoms with Crippen LogP contribution in [-0.2, 0) is 14.8 Å². The van der Waals surface area contributed by atoms with E-state index in [9.17, 15) is 18.4 Å². The smallest absolute Gasteiger partial charge is 0.251 e. The molecule has 0 aromatic carbocycles. The monoisotopic (exact) mass is 331 g/mol. The predicted octanol–water partition coefficient (Wildman–Crippen LogP) is -0.484. The molecule has 0 aliphatic carbocycles. The maximum absolute atomic E-state index is 12.1. The zero-order chi connectivity index (χ0) is 15.5. The van der Waals surface area contributed by atoms with Gasteiger partial charge in [-0.2, -0.15) is 9.04 Å². The van der Waals surface area contributed by atoms with Gasteiger partial charge in [-0.05, 0) is 17.8 Å². The highest BCUT2D eigenvalue weighted by Gasteiger charge is 2.26. The largest absolute Gasteiger partial charge is 0.618 e. The first kappa shape index (κ1) is 16.1. The molecule has 7 nitrogen and oxygen atoms in total. The van der Waals surface area contributed by atoms with Crippen molar-refractivity contribution in [2.75, 3.05) is 38.2 Å². The minimum Gasteiger partial charge on any atom is -0.618 e. The number of hydrogen-bond acceptors (Lipinski definition) is 5. The zero-order valence-corrected chi connectivity index (χ0v) is 13.3. The first-order valence-electron chi connectivity index (χ1n) is 6.42. The number of amides is 1. The minimum absolute atomic E-state index is 0.0861. The van der Waals surface area contributed by atoms with Gasteiger partial charge in [0.15, 0.2) is 6.20 Å². The van der Waals surface area contributed by atoms with Crippen molar-refractivity contribution >= 4 is 27.7 Å². The van der Waals surface area contributed by atoms with Crippen molar-refractivity contribution in [2.24, 2.45) is 0 Å². The van der Waals surface area contributed by atoms with E-state index in [1.165, 1.54) is 28.5 Å². The van der Waals surface area contributed by atoms with E-state index in [4.69, 9.17) is 0 Å². The lowest BCUT2D eigenvalue weighted by molar-refractivity contribution is -0.645. The molecule has 0 radical (unpaired) electrons. The van der Waals surface area contributed by atoms with Crippen LogP contribution >= 0.6 is 11.8 Å². The molecule has 1 aromatic heterocycles. The fourth-order valence-corrected chi connectivity index (χ4v) is 3.66. The van der Waals surface area contributed by atoms with E-state index in [0.717, 1.165) is 4.73 Å². The number of nitrogens with zero attached hydrogens (tertiary/aromatic N) is 3. The Morgan fingerprint density at radius 2 is 2.00 bits per heavy atom. The second-order valence-electron chi connectivity index (χ2n) is 4.70. The summed E-state index contributed by atoms with van der Waals surface area (Å²) in [4.78, 5) is 13.7. The predicted molar refractivity (Wildman–Crippen MR) is 79.1 cm³/mol. The van der Waals surface area contributed by atoms with Crippen molar-refractivity contribution in [3.05, 3.63) is 29.6 Å². The maximum Gasteiger partial charge on any atom is 0.251 e. The molecule has 116 valence electrons. The van der Waals surface area contributed by atoms with Crippen LogP contribution in [0.4, 0.5) is 0 Å². The van der Waals surface area contributed by atoms with Crippen LogP contribution in [0.25, 0.3) is 0 Å². The van der Waals surface area contributed by atoms with Gasteiger partial charge in [-0.15, -0.1) is 0 Å². The van der Waals surface area contributed by atoms with Crippen LogP contribution in [0.15, 0.2) is 29.4 Å². The molecule has 0 atom stereocenters. The van der Waals surface area contributed by atoms with Gasteiger partial charge in [0.25, 0.3) is 5.03 Å². The van der Waals surface area contributed by atoms with E-state index in [1.54, 1.807) is 23.1 Å². The van der Waals surface area contributed by atoms with E-state index in [0.29, 0.717) is 31.2 Å². The van der Waals surface area contributed by atoms with Gasteiger partial charge < -0.3 is 10.1 Å². The number of hydrogen-bond donors (Lipinski definition) is 0. The standard InChI is InChI=1S/C12H17N3O4S2/c1-21(18,19)14-8-6-13(7-9-14)11(16)10-20-12-4-2-3-5-15(12)17/h2-5H,6-10H2,1H3. The number of carbonyl (C=O) groups is 1. The van der Waals surface area contributed by atoms with Gasteiger partial charge in [-0.3, -0.25) is 4.79 Å². The van der Waals surface area contributed by atoms with Gasteiger partial charge in [0.05, 0.1) is 12.0 Å². The molecule has 1 aliphatic heterocycles. The third kappa shape index (κ3) is 4.32. The Morgan fingerprint density at radius 3 is 2.57 bits per heavy atom. The van der Waals surface area contributed by atoms with E-state index < -0.39 is 10.0 Å². The van der Waals surface area contributed by atoms with Gasteiger partial charge in [0, 0.05) is 38.3 Å². The van der Waals surface area contributed by atoms with Crippen LogP contribution in [0.2, 0.25) is 0 Å². The van der Waals surface area contributed by atoms with Crippen molar-refractivity contribution in [1.82, 2.24) is 9.21 Å². The quantitative estimate of drug-likeness (QED) is 0.422. The molecule has 1 aliphatic rings. The molecule has 1 fully saturated rings. The first-order chi connectivity index (χ1) is 9.88. The number of thioether (sulfide) groups is 1. The molecule has 9 heteroatoms. The van der Waals surface area contributed by atoms with Crippen LogP contribution < -0.4 is 4.73 Å². The molecule has 0 saturated carbocycles. The third-order valence-electron chi connectivity index (χ3n) is 3.19. The van der Waals surface area contributed by atoms with Crippen LogP contribution in [0, 0.1) is 5.21 Å². The van der Waals surface area contributed by atoms with Crippen LogP contribution in [0.3, 0.4) is 0 Å². The maximum atomic E-state index is 12.1. The van der Waals surface area contributed by atoms with Gasteiger partial charge in [0.2, 0.25) is 15.9 Å². The summed E-state index contributed by atoms with van der Waals surface area (Å²) < 4.78 is 24.9. The average molecular weight is 331 g/mol. The molecule has 0 spiro atoms. The van der Waals surface area contributed by atoms with Gasteiger partial charge in [-0.1, -0.05) is 0 Å². The second-order valence-corrected chi connectivity index (χ2v) is 7.67. The molecule has 2 heterocycles. The molecule has 0 bridgehead atoms. The Balaban J connectivity index is 1.84. The lowest BCUT2D eigenvalue weighted by Gasteiger charge is -2.33. The summed E-state index contributed by atoms with van der Waals surface area (Å²) in [6.45, 7) is 1.42. The van der Waals surface area contributed by atoms with E-state index >= 15 is 0 Å². The summed E-state index contributed by atoms with van der Waals surface area (Å²) in [5, 5.41) is 11.9. The number of rotatable bonds is 4. The SMILES string of the molecule is CS(=O)(=O)N1CCN(C(=O)CSc2cccc[n+]2[O-])CC1. The highest BCUT2D eigenvalue weighted by molar-refractivity contribution is 7.99. The molecule has 0 unspecified atom stereocenters. The Kier molecular flexibility index (Phi) is 5.07. The minimum atomic E-state index is -3.19. The Bertz CT molecular complexity index is 613. The number of sulfonamides is 1. The summed E-state index contributed by atoms with van der Waals surface area (Å²) >= 11 is 1.18. The molecule has 1 amide bonds. The highest BCUT2D eigenvalue weighted by Crippen LogP contribution is 2.14. The molecular formula is C12H17N3O4S2. The van der Waals surface area contributed by atoms with Gasteiger partial charge >= 0.3 is 0 Å². The molecule has 2 rings (SSSR count). The van der Waals surface area contributed by atoms with E-state index in [-0.39, 0.29) is 11.7 Å². The summed E-state index contributed by atoms with van der Waals surface area (Å²) in [6, 6.07) is 5.03. The highest BCUT2D eigenvalue weighted by atomic mass is 32.2. The molecule has 21 heavy (non-hydrogen) atoms. The summed E-state index contributed by atoms with van der Waals surface area (Å²) in [6.07, 6.45) is 2.56. The lowest BCUT2D eigenvalue weighted by Crippen LogP contribution is -2.50. The Hall–Kier alpha value is -1.32. The van der Waals surface area contributed by atoms with Crippen LogP contribution in [0.1, 0.15) is 0 Å². The van der Waals surface area contributed by atoms with E-state index in [2.05, 4.69) is 0 Å². The summed E-state index contributed by atoms with van der Waals surface area (Å²) in [7, 11) is -3.19. The third-order valence-corrected chi connectivity index (χ3v) is 5.50. The topological polar surface area (TPSA) is 84.6 Å². The molecule has 1 saturated heterocycles. The average Bonchev–Trinajstić information content (AvgIpc) is 2.45. The van der Waals surface area contributed by atoms with Crippen LogP contribution in [-0.4, -0.2) is 61.7 Å². The number of pyridine rings is 1. The second kappa shape index (κ2) is 6.63. The van der Waals surface area contributed by atoms with Gasteiger partial charge in [-0.25, -0.2) is 8.42 Å². The summed E-state index contributed by atoms with van der Waals surface area (Å²) in [5.74, 6) is 0.0856. The summed E-state index contributed by atoms with van der Waals surface area (Å²) in [5.41, 5.74) is 0. The molecule has 0 N–H and O–H groups in total. The number of aromatic nitrogens is 1. The first-order valence-corrected chi connectivity index (χ1v) is 9.25. The van der Waals surface area contributed by atoms with E-state index in [1.807, 2.05) is 0 Å². The lowest BCUT2D eigenvalue weighted by atomic mass is 10.3.